The summed E-state index contributed by atoms with van der Waals surface area (Å²) in [5.74, 6) is 0.0109. The maximum Gasteiger partial charge on any atom is 0.248 e. The fourth-order valence-corrected chi connectivity index (χ4v) is 8.05. The Balaban J connectivity index is 1.52. The molecule has 3 aliphatic heterocycles. The number of rotatable bonds is 10. The Kier molecular flexibility index (Phi) is 11.0. The summed E-state index contributed by atoms with van der Waals surface area (Å²) < 4.78 is 40.0. The van der Waals surface area contributed by atoms with Crippen LogP contribution < -0.4 is 0 Å². The minimum atomic E-state index is -3.68. The number of piperidine rings is 2. The predicted octanol–water partition coefficient (Wildman–Crippen LogP) is 3.55. The van der Waals surface area contributed by atoms with Crippen LogP contribution in [0.5, 0.6) is 0 Å². The summed E-state index contributed by atoms with van der Waals surface area (Å²) in [6.45, 7) is 12.0. The highest BCUT2D eigenvalue weighted by atomic mass is 32.2. The quantitative estimate of drug-likeness (QED) is 0.406. The summed E-state index contributed by atoms with van der Waals surface area (Å²) in [4.78, 5) is 17.6. The van der Waals surface area contributed by atoms with Gasteiger partial charge >= 0.3 is 0 Å². The first-order chi connectivity index (χ1) is 17.1. The molecule has 9 heteroatoms. The highest BCUT2D eigenvalue weighted by Crippen LogP contribution is 2.31. The van der Waals surface area contributed by atoms with Gasteiger partial charge in [0.2, 0.25) is 15.9 Å². The van der Waals surface area contributed by atoms with Gasteiger partial charge in [-0.05, 0) is 84.9 Å². The zero-order valence-electron chi connectivity index (χ0n) is 23.0. The monoisotopic (exact) mass is 525 g/mol. The molecule has 36 heavy (non-hydrogen) atoms. The molecular weight excluding hydrogens is 478 g/mol. The third-order valence-electron chi connectivity index (χ3n) is 7.82. The van der Waals surface area contributed by atoms with Crippen LogP contribution in [0.1, 0.15) is 72.6 Å². The van der Waals surface area contributed by atoms with E-state index in [2.05, 4.69) is 4.90 Å². The van der Waals surface area contributed by atoms with Crippen molar-refractivity contribution in [3.8, 4) is 0 Å². The lowest BCUT2D eigenvalue weighted by Gasteiger charge is -2.40. The van der Waals surface area contributed by atoms with E-state index in [1.165, 1.54) is 32.4 Å². The van der Waals surface area contributed by atoms with E-state index in [0.717, 1.165) is 44.3 Å². The van der Waals surface area contributed by atoms with Gasteiger partial charge in [0.15, 0.2) is 0 Å². The SMILES string of the molecule is COC(C)/C=C(/C)C(=C(C)C)S(=O)(=O)N1CCC[C@H]1COCC(=O)N1CCC(N2CCCCC2)CC1. The molecule has 0 radical (unpaired) electrons. The molecular formula is C27H47N3O5S. The summed E-state index contributed by atoms with van der Waals surface area (Å²) in [5, 5.41) is 0. The Labute approximate surface area is 218 Å². The highest BCUT2D eigenvalue weighted by molar-refractivity contribution is 7.93. The molecule has 0 aliphatic carbocycles. The van der Waals surface area contributed by atoms with E-state index >= 15 is 0 Å². The van der Waals surface area contributed by atoms with Gasteiger partial charge in [-0.3, -0.25) is 4.79 Å². The molecule has 206 valence electrons. The van der Waals surface area contributed by atoms with E-state index in [0.29, 0.717) is 23.1 Å². The number of likely N-dealkylation sites (tertiary alicyclic amines) is 2. The Morgan fingerprint density at radius 3 is 2.25 bits per heavy atom. The van der Waals surface area contributed by atoms with Crippen LogP contribution in [0, 0.1) is 0 Å². The van der Waals surface area contributed by atoms with Crippen molar-refractivity contribution < 1.29 is 22.7 Å². The predicted molar refractivity (Wildman–Crippen MR) is 143 cm³/mol. The number of methoxy groups -OCH3 is 1. The number of carbonyl (C=O) groups excluding carboxylic acids is 1. The van der Waals surface area contributed by atoms with Crippen molar-refractivity contribution in [1.82, 2.24) is 14.1 Å². The molecule has 0 aromatic heterocycles. The number of amides is 1. The molecule has 3 aliphatic rings. The molecule has 3 fully saturated rings. The maximum absolute atomic E-state index is 13.7. The van der Waals surface area contributed by atoms with Gasteiger partial charge in [-0.25, -0.2) is 8.42 Å². The van der Waals surface area contributed by atoms with Gasteiger partial charge in [-0.15, -0.1) is 0 Å². The maximum atomic E-state index is 13.7. The number of ether oxygens (including phenoxy) is 2. The summed E-state index contributed by atoms with van der Waals surface area (Å²) in [6, 6.07) is 0.343. The lowest BCUT2D eigenvalue weighted by atomic mass is 10.00. The van der Waals surface area contributed by atoms with Gasteiger partial charge in [0.05, 0.1) is 17.6 Å². The van der Waals surface area contributed by atoms with Crippen LogP contribution in [-0.4, -0.2) is 99.7 Å². The van der Waals surface area contributed by atoms with Gasteiger partial charge in [0.25, 0.3) is 0 Å². The first-order valence-corrected chi connectivity index (χ1v) is 15.1. The van der Waals surface area contributed by atoms with Crippen LogP contribution >= 0.6 is 0 Å². The van der Waals surface area contributed by atoms with Crippen LogP contribution in [0.2, 0.25) is 0 Å². The molecule has 1 unspecified atom stereocenters. The minimum absolute atomic E-state index is 0.0109. The zero-order chi connectivity index (χ0) is 26.3. The van der Waals surface area contributed by atoms with E-state index in [4.69, 9.17) is 9.47 Å². The summed E-state index contributed by atoms with van der Waals surface area (Å²) >= 11 is 0. The summed E-state index contributed by atoms with van der Waals surface area (Å²) in [5.41, 5.74) is 1.45. The third kappa shape index (κ3) is 7.40. The average Bonchev–Trinajstić information content (AvgIpc) is 3.33. The standard InChI is InChI=1S/C27H47N3O5S/c1-21(2)27(22(3)18-23(4)34-5)36(32,33)30-15-9-10-25(30)19-35-20-26(31)29-16-11-24(12-17-29)28-13-7-6-8-14-28/h18,23-25H,6-17,19-20H2,1-5H3/b22-18-/t23?,25-/m0/s1. The topological polar surface area (TPSA) is 79.4 Å². The van der Waals surface area contributed by atoms with Crippen molar-refractivity contribution in [3.63, 3.8) is 0 Å². The van der Waals surface area contributed by atoms with E-state index in [-0.39, 0.29) is 31.3 Å². The highest BCUT2D eigenvalue weighted by Gasteiger charge is 2.38. The Hall–Kier alpha value is -1.26. The first-order valence-electron chi connectivity index (χ1n) is 13.7. The molecule has 3 rings (SSSR count). The summed E-state index contributed by atoms with van der Waals surface area (Å²) in [7, 11) is -2.07. The fraction of sp³-hybridized carbons (Fsp3) is 0.815. The molecule has 0 bridgehead atoms. The third-order valence-corrected chi connectivity index (χ3v) is 10.2. The van der Waals surface area contributed by atoms with Gasteiger partial charge in [-0.1, -0.05) is 18.1 Å². The second-order valence-electron chi connectivity index (χ2n) is 10.8. The second-order valence-corrected chi connectivity index (χ2v) is 12.6. The van der Waals surface area contributed by atoms with Crippen molar-refractivity contribution >= 4 is 15.9 Å². The number of hydrogen-bond donors (Lipinski definition) is 0. The number of hydrogen-bond acceptors (Lipinski definition) is 6. The molecule has 8 nitrogen and oxygen atoms in total. The van der Waals surface area contributed by atoms with Crippen molar-refractivity contribution in [2.45, 2.75) is 90.8 Å². The smallest absolute Gasteiger partial charge is 0.248 e. The van der Waals surface area contributed by atoms with Gasteiger partial charge in [0.1, 0.15) is 6.61 Å². The van der Waals surface area contributed by atoms with Crippen molar-refractivity contribution in [2.24, 2.45) is 0 Å². The van der Waals surface area contributed by atoms with Gasteiger partial charge in [0, 0.05) is 38.8 Å². The van der Waals surface area contributed by atoms with E-state index < -0.39 is 10.0 Å². The average molecular weight is 526 g/mol. The van der Waals surface area contributed by atoms with E-state index in [9.17, 15) is 13.2 Å². The van der Waals surface area contributed by atoms with Crippen LogP contribution in [0.15, 0.2) is 22.1 Å². The second kappa shape index (κ2) is 13.5. The first kappa shape index (κ1) is 29.3. The molecule has 0 spiro atoms. The molecule has 0 saturated carbocycles. The minimum Gasteiger partial charge on any atom is -0.378 e. The van der Waals surface area contributed by atoms with Crippen LogP contribution in [0.25, 0.3) is 0 Å². The molecule has 0 aromatic carbocycles. The molecule has 3 saturated heterocycles. The van der Waals surface area contributed by atoms with Crippen LogP contribution in [0.3, 0.4) is 0 Å². The fourth-order valence-electron chi connectivity index (χ4n) is 5.90. The number of carbonyl (C=O) groups is 1. The van der Waals surface area contributed by atoms with E-state index in [1.54, 1.807) is 11.4 Å². The molecule has 1 amide bonds. The summed E-state index contributed by atoms with van der Waals surface area (Å²) in [6.07, 6.45) is 9.17. The number of allylic oxidation sites excluding steroid dienone is 2. The molecule has 3 heterocycles. The van der Waals surface area contributed by atoms with Gasteiger partial charge in [-0.2, -0.15) is 4.31 Å². The lowest BCUT2D eigenvalue weighted by molar-refractivity contribution is -0.138. The Bertz CT molecular complexity index is 898. The largest absolute Gasteiger partial charge is 0.378 e. The van der Waals surface area contributed by atoms with Crippen LogP contribution in [-0.2, 0) is 24.3 Å². The van der Waals surface area contributed by atoms with Crippen molar-refractivity contribution in [1.29, 1.82) is 0 Å². The van der Waals surface area contributed by atoms with Crippen molar-refractivity contribution in [2.75, 3.05) is 53.0 Å². The molecule has 0 aromatic rings. The Morgan fingerprint density at radius 2 is 1.64 bits per heavy atom. The zero-order valence-corrected chi connectivity index (χ0v) is 23.8. The lowest BCUT2D eigenvalue weighted by Crippen LogP contribution is -2.49. The normalized spacial score (nSPS) is 24.2. The molecule has 0 N–H and O–H groups in total. The van der Waals surface area contributed by atoms with Crippen LogP contribution in [0.4, 0.5) is 0 Å². The van der Waals surface area contributed by atoms with Gasteiger partial charge < -0.3 is 19.3 Å². The number of nitrogens with zero attached hydrogens (tertiary/aromatic N) is 3. The number of sulfonamides is 1. The van der Waals surface area contributed by atoms with Crippen molar-refractivity contribution in [3.05, 3.63) is 22.1 Å². The van der Waals surface area contributed by atoms with E-state index in [1.807, 2.05) is 38.7 Å². The Morgan fingerprint density at radius 1 is 0.972 bits per heavy atom. The molecule has 2 atom stereocenters.